The van der Waals surface area contributed by atoms with Gasteiger partial charge >= 0.3 is 0 Å². The molecular weight excluding hydrogens is 365 g/mol. The Labute approximate surface area is 136 Å². The molecule has 0 aliphatic rings. The monoisotopic (exact) mass is 377 g/mol. The molecule has 5 heteroatoms. The van der Waals surface area contributed by atoms with Gasteiger partial charge in [0, 0.05) is 15.4 Å². The summed E-state index contributed by atoms with van der Waals surface area (Å²) in [5.74, 6) is 0. The van der Waals surface area contributed by atoms with Gasteiger partial charge in [0.15, 0.2) is 0 Å². The summed E-state index contributed by atoms with van der Waals surface area (Å²) in [5, 5.41) is 6.85. The highest BCUT2D eigenvalue weighted by Crippen LogP contribution is 2.34. The van der Waals surface area contributed by atoms with Crippen LogP contribution in [0.5, 0.6) is 0 Å². The van der Waals surface area contributed by atoms with Crippen LogP contribution in [0.4, 0.5) is 0 Å². The third-order valence-electron chi connectivity index (χ3n) is 2.87. The number of thiophene rings is 1. The third-order valence-corrected chi connectivity index (χ3v) is 5.71. The Morgan fingerprint density at radius 2 is 2.11 bits per heavy atom. The largest absolute Gasteiger partial charge is 0.309 e. The van der Waals surface area contributed by atoms with E-state index in [1.54, 1.807) is 11.3 Å². The Hall–Kier alpha value is -0.0600. The summed E-state index contributed by atoms with van der Waals surface area (Å²) in [6.07, 6.45) is 0.826. The summed E-state index contributed by atoms with van der Waals surface area (Å²) >= 11 is 17.7. The standard InChI is InChI=1S/C14H14BrCl2NS/c1-2-18-12(14-10(15)6-7-19-14)8-9-4-3-5-11(16)13(9)17/h3-7,12,18H,2,8H2,1H3. The van der Waals surface area contributed by atoms with E-state index in [1.807, 2.05) is 18.2 Å². The lowest BCUT2D eigenvalue weighted by Gasteiger charge is -2.18. The van der Waals surface area contributed by atoms with Crippen molar-refractivity contribution in [2.24, 2.45) is 0 Å². The third kappa shape index (κ3) is 3.73. The molecule has 0 spiro atoms. The van der Waals surface area contributed by atoms with Crippen LogP contribution in [0, 0.1) is 0 Å². The minimum atomic E-state index is 0.246. The van der Waals surface area contributed by atoms with E-state index in [0.29, 0.717) is 10.0 Å². The van der Waals surface area contributed by atoms with Crippen LogP contribution in [0.15, 0.2) is 34.1 Å². The minimum Gasteiger partial charge on any atom is -0.309 e. The predicted molar refractivity (Wildman–Crippen MR) is 88.6 cm³/mol. The number of hydrogen-bond donors (Lipinski definition) is 1. The molecule has 0 aliphatic carbocycles. The van der Waals surface area contributed by atoms with Gasteiger partial charge in [-0.2, -0.15) is 0 Å². The molecule has 1 nitrogen and oxygen atoms in total. The Bertz CT molecular complexity index is 556. The Kier molecular flexibility index (Phi) is 5.72. The first kappa shape index (κ1) is 15.3. The van der Waals surface area contributed by atoms with Gasteiger partial charge in [0.05, 0.1) is 10.0 Å². The average Bonchev–Trinajstić information content (AvgIpc) is 2.80. The molecule has 2 rings (SSSR count). The van der Waals surface area contributed by atoms with E-state index in [-0.39, 0.29) is 6.04 Å². The van der Waals surface area contributed by atoms with Crippen molar-refractivity contribution < 1.29 is 0 Å². The summed E-state index contributed by atoms with van der Waals surface area (Å²) in [6, 6.07) is 8.10. The van der Waals surface area contributed by atoms with Gasteiger partial charge in [0.25, 0.3) is 0 Å². The van der Waals surface area contributed by atoms with Crippen LogP contribution >= 0.6 is 50.5 Å². The predicted octanol–water partition coefficient (Wildman–Crippen LogP) is 5.71. The molecule has 1 aromatic carbocycles. The zero-order chi connectivity index (χ0) is 13.8. The number of halogens is 3. The first-order chi connectivity index (χ1) is 9.13. The second-order valence-corrected chi connectivity index (χ2v) is 6.75. The lowest BCUT2D eigenvalue weighted by atomic mass is 10.0. The number of benzene rings is 1. The van der Waals surface area contributed by atoms with Gasteiger partial charge in [-0.05, 0) is 52.0 Å². The first-order valence-electron chi connectivity index (χ1n) is 6.02. The fourth-order valence-electron chi connectivity index (χ4n) is 1.98. The van der Waals surface area contributed by atoms with Gasteiger partial charge < -0.3 is 5.32 Å². The highest BCUT2D eigenvalue weighted by Gasteiger charge is 2.17. The van der Waals surface area contributed by atoms with E-state index in [9.17, 15) is 0 Å². The van der Waals surface area contributed by atoms with Crippen LogP contribution in [0.3, 0.4) is 0 Å². The van der Waals surface area contributed by atoms with E-state index in [1.165, 1.54) is 4.88 Å². The van der Waals surface area contributed by atoms with Gasteiger partial charge in [0.1, 0.15) is 0 Å². The Balaban J connectivity index is 2.27. The topological polar surface area (TPSA) is 12.0 Å². The lowest BCUT2D eigenvalue weighted by Crippen LogP contribution is -2.22. The van der Waals surface area contributed by atoms with Crippen molar-refractivity contribution in [1.29, 1.82) is 0 Å². The summed E-state index contributed by atoms with van der Waals surface area (Å²) < 4.78 is 1.14. The summed E-state index contributed by atoms with van der Waals surface area (Å²) in [4.78, 5) is 1.29. The van der Waals surface area contributed by atoms with Gasteiger partial charge in [-0.3, -0.25) is 0 Å². The molecule has 0 fully saturated rings. The zero-order valence-electron chi connectivity index (χ0n) is 10.4. The SMILES string of the molecule is CCNC(Cc1cccc(Cl)c1Cl)c1sccc1Br. The van der Waals surface area contributed by atoms with Crippen molar-refractivity contribution in [1.82, 2.24) is 5.32 Å². The van der Waals surface area contributed by atoms with Gasteiger partial charge in [-0.25, -0.2) is 0 Å². The molecular formula is C14H14BrCl2NS. The average molecular weight is 379 g/mol. The lowest BCUT2D eigenvalue weighted by molar-refractivity contribution is 0.556. The fourth-order valence-corrected chi connectivity index (χ4v) is 4.11. The quantitative estimate of drug-likeness (QED) is 0.702. The molecule has 0 saturated carbocycles. The molecule has 1 aromatic heterocycles. The summed E-state index contributed by atoms with van der Waals surface area (Å²) in [7, 11) is 0. The fraction of sp³-hybridized carbons (Fsp3) is 0.286. The molecule has 2 aromatic rings. The van der Waals surface area contributed by atoms with Crippen molar-refractivity contribution in [2.75, 3.05) is 6.54 Å². The van der Waals surface area contributed by atoms with Crippen LogP contribution < -0.4 is 5.32 Å². The molecule has 0 aliphatic heterocycles. The number of likely N-dealkylation sites (N-methyl/N-ethyl adjacent to an activating group) is 1. The maximum Gasteiger partial charge on any atom is 0.0624 e. The van der Waals surface area contributed by atoms with Gasteiger partial charge in [0.2, 0.25) is 0 Å². The number of rotatable bonds is 5. The van der Waals surface area contributed by atoms with Crippen LogP contribution in [-0.4, -0.2) is 6.54 Å². The molecule has 1 heterocycles. The van der Waals surface area contributed by atoms with E-state index in [2.05, 4.69) is 39.6 Å². The van der Waals surface area contributed by atoms with Crippen LogP contribution in [0.1, 0.15) is 23.4 Å². The highest BCUT2D eigenvalue weighted by atomic mass is 79.9. The van der Waals surface area contributed by atoms with Gasteiger partial charge in [-0.1, -0.05) is 42.3 Å². The maximum absolute atomic E-state index is 6.27. The first-order valence-corrected chi connectivity index (χ1v) is 8.45. The van der Waals surface area contributed by atoms with Crippen molar-refractivity contribution >= 4 is 50.5 Å². The van der Waals surface area contributed by atoms with E-state index in [4.69, 9.17) is 23.2 Å². The zero-order valence-corrected chi connectivity index (χ0v) is 14.3. The maximum atomic E-state index is 6.27. The molecule has 0 bridgehead atoms. The Morgan fingerprint density at radius 1 is 1.32 bits per heavy atom. The van der Waals surface area contributed by atoms with Crippen LogP contribution in [0.2, 0.25) is 10.0 Å². The summed E-state index contributed by atoms with van der Waals surface area (Å²) in [5.41, 5.74) is 1.07. The van der Waals surface area contributed by atoms with E-state index >= 15 is 0 Å². The van der Waals surface area contributed by atoms with Crippen molar-refractivity contribution in [3.05, 3.63) is 54.6 Å². The second kappa shape index (κ2) is 7.09. The van der Waals surface area contributed by atoms with Gasteiger partial charge in [-0.15, -0.1) is 11.3 Å². The number of hydrogen-bond acceptors (Lipinski definition) is 2. The van der Waals surface area contributed by atoms with Crippen molar-refractivity contribution in [2.45, 2.75) is 19.4 Å². The second-order valence-electron chi connectivity index (χ2n) is 4.16. The smallest absolute Gasteiger partial charge is 0.0624 e. The molecule has 102 valence electrons. The molecule has 0 amide bonds. The van der Waals surface area contributed by atoms with Crippen LogP contribution in [-0.2, 0) is 6.42 Å². The molecule has 1 N–H and O–H groups in total. The van der Waals surface area contributed by atoms with Crippen molar-refractivity contribution in [3.8, 4) is 0 Å². The highest BCUT2D eigenvalue weighted by molar-refractivity contribution is 9.10. The minimum absolute atomic E-state index is 0.246. The Morgan fingerprint density at radius 3 is 2.74 bits per heavy atom. The molecule has 19 heavy (non-hydrogen) atoms. The summed E-state index contributed by atoms with van der Waals surface area (Å²) in [6.45, 7) is 3.02. The van der Waals surface area contributed by atoms with Crippen molar-refractivity contribution in [3.63, 3.8) is 0 Å². The normalized spacial score (nSPS) is 12.6. The van der Waals surface area contributed by atoms with Crippen LogP contribution in [0.25, 0.3) is 0 Å². The number of nitrogens with one attached hydrogen (secondary N) is 1. The molecule has 0 radical (unpaired) electrons. The van der Waals surface area contributed by atoms with E-state index < -0.39 is 0 Å². The molecule has 0 saturated heterocycles. The molecule has 1 unspecified atom stereocenters. The van der Waals surface area contributed by atoms with E-state index in [0.717, 1.165) is 23.0 Å². The molecule has 1 atom stereocenters.